The highest BCUT2D eigenvalue weighted by atomic mass is 35.6. The number of hydrogen-bond acceptors (Lipinski definition) is 0. The summed E-state index contributed by atoms with van der Waals surface area (Å²) in [5.74, 6) is 0. The normalized spacial score (nSPS) is 11.9. The van der Waals surface area contributed by atoms with E-state index in [0.717, 1.165) is 0 Å². The summed E-state index contributed by atoms with van der Waals surface area (Å²) in [6.45, 7) is 0. The fourth-order valence-electron chi connectivity index (χ4n) is 0.822. The van der Waals surface area contributed by atoms with Gasteiger partial charge in [0.1, 0.15) is 0 Å². The monoisotopic (exact) mass is 330 g/mol. The highest BCUT2D eigenvalue weighted by Crippen LogP contribution is 2.49. The van der Waals surface area contributed by atoms with Crippen molar-refractivity contribution in [2.24, 2.45) is 0 Å². The van der Waals surface area contributed by atoms with E-state index in [0.29, 0.717) is 0 Å². The van der Waals surface area contributed by atoms with Gasteiger partial charge in [-0.15, -0.1) is 0 Å². The van der Waals surface area contributed by atoms with Gasteiger partial charge in [-0.2, -0.15) is 0 Å². The minimum Gasteiger partial charge on any atom is -0.0826 e. The zero-order chi connectivity index (χ0) is 11.1. The van der Waals surface area contributed by atoms with Crippen LogP contribution in [-0.2, 0) is 3.79 Å². The average Bonchev–Trinajstić information content (AvgIpc) is 1.98. The molecule has 0 aliphatic rings. The summed E-state index contributed by atoms with van der Waals surface area (Å²) in [5.41, 5.74) is 0.0864. The molecule has 0 saturated heterocycles. The van der Waals surface area contributed by atoms with Gasteiger partial charge in [0.15, 0.2) is 0 Å². The van der Waals surface area contributed by atoms with Crippen LogP contribution in [0.25, 0.3) is 0 Å². The van der Waals surface area contributed by atoms with Gasteiger partial charge in [0, 0.05) is 5.56 Å². The Kier molecular flexibility index (Phi) is 4.40. The third kappa shape index (κ3) is 2.68. The molecular formula is C7HCl7. The molecule has 0 atom stereocenters. The van der Waals surface area contributed by atoms with Gasteiger partial charge in [-0.25, -0.2) is 0 Å². The van der Waals surface area contributed by atoms with Gasteiger partial charge in [-0.3, -0.25) is 0 Å². The maximum absolute atomic E-state index is 5.83. The van der Waals surface area contributed by atoms with Gasteiger partial charge < -0.3 is 0 Å². The van der Waals surface area contributed by atoms with Gasteiger partial charge in [-0.1, -0.05) is 81.2 Å². The molecule has 14 heavy (non-hydrogen) atoms. The van der Waals surface area contributed by atoms with Crippen molar-refractivity contribution in [3.8, 4) is 0 Å². The molecule has 0 heterocycles. The number of benzene rings is 1. The minimum absolute atomic E-state index is 0.0843. The summed E-state index contributed by atoms with van der Waals surface area (Å²) in [6, 6.07) is 1.38. The molecular weight excluding hydrogens is 332 g/mol. The standard InChI is InChI=1S/C7HCl7/c8-2-1-3(9)6(11)4(5(2)10)7(12,13)14/h1H. The molecule has 0 radical (unpaired) electrons. The first-order chi connectivity index (χ1) is 6.25. The molecule has 0 N–H and O–H groups in total. The number of halogens is 7. The lowest BCUT2D eigenvalue weighted by Gasteiger charge is -2.16. The molecule has 0 amide bonds. The van der Waals surface area contributed by atoms with Crippen LogP contribution >= 0.6 is 81.2 Å². The zero-order valence-electron chi connectivity index (χ0n) is 6.22. The van der Waals surface area contributed by atoms with E-state index in [1.54, 1.807) is 0 Å². The van der Waals surface area contributed by atoms with Crippen LogP contribution in [0.3, 0.4) is 0 Å². The molecule has 0 saturated carbocycles. The summed E-state index contributed by atoms with van der Waals surface area (Å²) in [6.07, 6.45) is 0. The van der Waals surface area contributed by atoms with Crippen LogP contribution in [0.4, 0.5) is 0 Å². The molecule has 0 nitrogen and oxygen atoms in total. The summed E-state index contributed by atoms with van der Waals surface area (Å²) >= 11 is 40.1. The Hall–Kier alpha value is 1.25. The van der Waals surface area contributed by atoms with Gasteiger partial charge >= 0.3 is 0 Å². The van der Waals surface area contributed by atoms with E-state index in [-0.39, 0.29) is 25.7 Å². The molecule has 0 bridgehead atoms. The number of hydrogen-bond donors (Lipinski definition) is 0. The lowest BCUT2D eigenvalue weighted by Crippen LogP contribution is -2.03. The number of alkyl halides is 3. The first-order valence-corrected chi connectivity index (χ1v) is 5.80. The maximum atomic E-state index is 5.83. The summed E-state index contributed by atoms with van der Waals surface area (Å²) in [4.78, 5) is 0. The summed E-state index contributed by atoms with van der Waals surface area (Å²) in [5, 5.41) is 0.534. The third-order valence-corrected chi connectivity index (χ3v) is 3.54. The minimum atomic E-state index is -1.76. The quantitative estimate of drug-likeness (QED) is 0.396. The molecule has 0 fully saturated rings. The van der Waals surface area contributed by atoms with E-state index in [2.05, 4.69) is 0 Å². The molecule has 0 aromatic heterocycles. The Balaban J connectivity index is 3.56. The van der Waals surface area contributed by atoms with Gasteiger partial charge in [0.25, 0.3) is 0 Å². The Morgan fingerprint density at radius 3 is 1.43 bits per heavy atom. The van der Waals surface area contributed by atoms with Crippen LogP contribution in [0.2, 0.25) is 20.1 Å². The SMILES string of the molecule is Clc1cc(Cl)c(Cl)c(C(Cl)(Cl)Cl)c1Cl. The average molecular weight is 333 g/mol. The fourth-order valence-corrected chi connectivity index (χ4v) is 2.77. The summed E-state index contributed by atoms with van der Waals surface area (Å²) in [7, 11) is 0. The van der Waals surface area contributed by atoms with E-state index < -0.39 is 3.79 Å². The topological polar surface area (TPSA) is 0 Å². The first kappa shape index (κ1) is 13.3. The Morgan fingerprint density at radius 2 is 1.14 bits per heavy atom. The molecule has 0 unspecified atom stereocenters. The molecule has 7 heteroatoms. The van der Waals surface area contributed by atoms with Crippen molar-refractivity contribution in [3.63, 3.8) is 0 Å². The lowest BCUT2D eigenvalue weighted by atomic mass is 10.2. The van der Waals surface area contributed by atoms with Crippen LogP contribution in [0.5, 0.6) is 0 Å². The van der Waals surface area contributed by atoms with Crippen LogP contribution in [0.1, 0.15) is 5.56 Å². The van der Waals surface area contributed by atoms with Crippen LogP contribution in [0.15, 0.2) is 6.07 Å². The van der Waals surface area contributed by atoms with Crippen molar-refractivity contribution in [1.82, 2.24) is 0 Å². The van der Waals surface area contributed by atoms with Crippen molar-refractivity contribution in [1.29, 1.82) is 0 Å². The third-order valence-electron chi connectivity index (χ3n) is 1.40. The van der Waals surface area contributed by atoms with E-state index in [4.69, 9.17) is 81.2 Å². The van der Waals surface area contributed by atoms with Crippen molar-refractivity contribution in [3.05, 3.63) is 31.7 Å². The van der Waals surface area contributed by atoms with Crippen LogP contribution in [-0.4, -0.2) is 0 Å². The van der Waals surface area contributed by atoms with Crippen molar-refractivity contribution >= 4 is 81.2 Å². The van der Waals surface area contributed by atoms with Gasteiger partial charge in [0.2, 0.25) is 3.79 Å². The highest BCUT2D eigenvalue weighted by Gasteiger charge is 2.31. The van der Waals surface area contributed by atoms with Gasteiger partial charge in [-0.05, 0) is 6.07 Å². The van der Waals surface area contributed by atoms with Crippen molar-refractivity contribution in [2.75, 3.05) is 0 Å². The molecule has 1 aromatic carbocycles. The zero-order valence-corrected chi connectivity index (χ0v) is 11.5. The van der Waals surface area contributed by atoms with Crippen LogP contribution in [0, 0.1) is 0 Å². The highest BCUT2D eigenvalue weighted by molar-refractivity contribution is 6.68. The first-order valence-electron chi connectivity index (χ1n) is 3.15. The van der Waals surface area contributed by atoms with E-state index in [1.165, 1.54) is 6.07 Å². The van der Waals surface area contributed by atoms with Crippen molar-refractivity contribution < 1.29 is 0 Å². The summed E-state index contributed by atoms with van der Waals surface area (Å²) < 4.78 is -1.76. The number of rotatable bonds is 0. The van der Waals surface area contributed by atoms with Crippen molar-refractivity contribution in [2.45, 2.75) is 3.79 Å². The molecule has 0 aliphatic carbocycles. The van der Waals surface area contributed by atoms with E-state index in [9.17, 15) is 0 Å². The predicted octanol–water partition coefficient (Wildman–Crippen LogP) is 6.13. The molecule has 0 spiro atoms. The molecule has 78 valence electrons. The lowest BCUT2D eigenvalue weighted by molar-refractivity contribution is 1.24. The molecule has 0 aliphatic heterocycles. The second-order valence-corrected chi connectivity index (χ2v) is 6.19. The van der Waals surface area contributed by atoms with E-state index in [1.807, 2.05) is 0 Å². The molecule has 1 aromatic rings. The largest absolute Gasteiger partial charge is 0.219 e. The smallest absolute Gasteiger partial charge is 0.0826 e. The Labute approximate surface area is 116 Å². The fraction of sp³-hybridized carbons (Fsp3) is 0.143. The second-order valence-electron chi connectivity index (χ2n) is 2.34. The molecule has 1 rings (SSSR count). The second kappa shape index (κ2) is 4.63. The Bertz CT molecular complexity index is 339. The van der Waals surface area contributed by atoms with Crippen LogP contribution < -0.4 is 0 Å². The maximum Gasteiger partial charge on any atom is 0.219 e. The predicted molar refractivity (Wildman–Crippen MR) is 65.7 cm³/mol. The van der Waals surface area contributed by atoms with Gasteiger partial charge in [0.05, 0.1) is 20.1 Å². The van der Waals surface area contributed by atoms with E-state index >= 15 is 0 Å². The Morgan fingerprint density at radius 1 is 0.786 bits per heavy atom.